The van der Waals surface area contributed by atoms with Gasteiger partial charge in [0.1, 0.15) is 5.75 Å². The maximum atomic E-state index is 11.6. The lowest BCUT2D eigenvalue weighted by atomic mass is 9.97. The first-order valence-corrected chi connectivity index (χ1v) is 5.17. The second kappa shape index (κ2) is 4.23. The molecule has 0 bridgehead atoms. The minimum Gasteiger partial charge on any atom is -0.425 e. The molecule has 0 radical (unpaired) electrons. The minimum absolute atomic E-state index is 0.282. The SMILES string of the molecule is Cc1cccc(OC(=O)C(C)(C)C)c1Cl. The van der Waals surface area contributed by atoms with Crippen molar-refractivity contribution >= 4 is 17.6 Å². The minimum atomic E-state index is -0.521. The molecule has 1 aromatic carbocycles. The summed E-state index contributed by atoms with van der Waals surface area (Å²) >= 11 is 6.01. The number of ether oxygens (including phenoxy) is 1. The average Bonchev–Trinajstić information content (AvgIpc) is 2.11. The van der Waals surface area contributed by atoms with E-state index in [-0.39, 0.29) is 5.97 Å². The molecule has 1 rings (SSSR count). The fourth-order valence-corrected chi connectivity index (χ4v) is 1.12. The zero-order valence-electron chi connectivity index (χ0n) is 9.43. The van der Waals surface area contributed by atoms with Crippen molar-refractivity contribution in [3.05, 3.63) is 28.8 Å². The Hall–Kier alpha value is -1.02. The van der Waals surface area contributed by atoms with Crippen LogP contribution in [0.1, 0.15) is 26.3 Å². The van der Waals surface area contributed by atoms with Gasteiger partial charge in [-0.25, -0.2) is 0 Å². The van der Waals surface area contributed by atoms with Gasteiger partial charge in [-0.2, -0.15) is 0 Å². The monoisotopic (exact) mass is 226 g/mol. The second-order valence-electron chi connectivity index (χ2n) is 4.53. The van der Waals surface area contributed by atoms with Crippen molar-refractivity contribution in [2.75, 3.05) is 0 Å². The van der Waals surface area contributed by atoms with Gasteiger partial charge in [-0.05, 0) is 39.3 Å². The molecule has 0 saturated carbocycles. The van der Waals surface area contributed by atoms with E-state index in [2.05, 4.69) is 0 Å². The number of carbonyl (C=O) groups is 1. The lowest BCUT2D eigenvalue weighted by molar-refractivity contribution is -0.142. The van der Waals surface area contributed by atoms with Gasteiger partial charge in [0.2, 0.25) is 0 Å². The van der Waals surface area contributed by atoms with Crippen LogP contribution in [-0.2, 0) is 4.79 Å². The van der Waals surface area contributed by atoms with Crippen LogP contribution in [0.25, 0.3) is 0 Å². The first-order chi connectivity index (χ1) is 6.82. The molecule has 0 heterocycles. The van der Waals surface area contributed by atoms with Gasteiger partial charge >= 0.3 is 5.97 Å². The molecule has 0 atom stereocenters. The van der Waals surface area contributed by atoms with Gasteiger partial charge in [-0.15, -0.1) is 0 Å². The van der Waals surface area contributed by atoms with Crippen LogP contribution < -0.4 is 4.74 Å². The number of carbonyl (C=O) groups excluding carboxylic acids is 1. The van der Waals surface area contributed by atoms with E-state index in [4.69, 9.17) is 16.3 Å². The fraction of sp³-hybridized carbons (Fsp3) is 0.417. The van der Waals surface area contributed by atoms with E-state index in [1.54, 1.807) is 26.8 Å². The van der Waals surface area contributed by atoms with Gasteiger partial charge in [-0.1, -0.05) is 23.7 Å². The Bertz CT molecular complexity index is 378. The van der Waals surface area contributed by atoms with Crippen LogP contribution in [0, 0.1) is 12.3 Å². The Morgan fingerprint density at radius 2 is 1.93 bits per heavy atom. The van der Waals surface area contributed by atoms with Crippen molar-refractivity contribution in [2.24, 2.45) is 5.41 Å². The Kier molecular flexibility index (Phi) is 3.40. The number of hydrogen-bond acceptors (Lipinski definition) is 2. The lowest BCUT2D eigenvalue weighted by Crippen LogP contribution is -2.25. The van der Waals surface area contributed by atoms with Crippen molar-refractivity contribution in [2.45, 2.75) is 27.7 Å². The quantitative estimate of drug-likeness (QED) is 0.540. The highest BCUT2D eigenvalue weighted by molar-refractivity contribution is 6.32. The van der Waals surface area contributed by atoms with Crippen molar-refractivity contribution < 1.29 is 9.53 Å². The highest BCUT2D eigenvalue weighted by Crippen LogP contribution is 2.29. The van der Waals surface area contributed by atoms with Gasteiger partial charge in [0.15, 0.2) is 0 Å². The van der Waals surface area contributed by atoms with Gasteiger partial charge in [-0.3, -0.25) is 4.79 Å². The van der Waals surface area contributed by atoms with Gasteiger partial charge < -0.3 is 4.74 Å². The molecule has 0 unspecified atom stereocenters. The molecule has 1 aromatic rings. The summed E-state index contributed by atoms with van der Waals surface area (Å²) in [5.41, 5.74) is 0.378. The standard InChI is InChI=1S/C12H15ClO2/c1-8-6-5-7-9(10(8)13)15-11(14)12(2,3)4/h5-7H,1-4H3. The van der Waals surface area contributed by atoms with E-state index in [0.29, 0.717) is 10.8 Å². The van der Waals surface area contributed by atoms with Gasteiger partial charge in [0.25, 0.3) is 0 Å². The number of halogens is 1. The van der Waals surface area contributed by atoms with Gasteiger partial charge in [0.05, 0.1) is 10.4 Å². The molecule has 0 N–H and O–H groups in total. The van der Waals surface area contributed by atoms with Crippen molar-refractivity contribution in [1.82, 2.24) is 0 Å². The van der Waals surface area contributed by atoms with E-state index in [0.717, 1.165) is 5.56 Å². The molecular formula is C12H15ClO2. The molecule has 15 heavy (non-hydrogen) atoms. The van der Waals surface area contributed by atoms with Crippen LogP contribution >= 0.6 is 11.6 Å². The summed E-state index contributed by atoms with van der Waals surface area (Å²) in [7, 11) is 0. The summed E-state index contributed by atoms with van der Waals surface area (Å²) in [6.07, 6.45) is 0. The number of esters is 1. The number of aryl methyl sites for hydroxylation is 1. The van der Waals surface area contributed by atoms with Crippen LogP contribution in [0.2, 0.25) is 5.02 Å². The molecule has 82 valence electrons. The Morgan fingerprint density at radius 1 is 1.33 bits per heavy atom. The van der Waals surface area contributed by atoms with Crippen LogP contribution in [0.3, 0.4) is 0 Å². The van der Waals surface area contributed by atoms with Gasteiger partial charge in [0, 0.05) is 0 Å². The van der Waals surface area contributed by atoms with Crippen molar-refractivity contribution in [3.63, 3.8) is 0 Å². The number of benzene rings is 1. The largest absolute Gasteiger partial charge is 0.425 e. The van der Waals surface area contributed by atoms with E-state index >= 15 is 0 Å². The molecule has 0 fully saturated rings. The van der Waals surface area contributed by atoms with E-state index in [1.807, 2.05) is 19.1 Å². The fourth-order valence-electron chi connectivity index (χ4n) is 0.952. The topological polar surface area (TPSA) is 26.3 Å². The molecule has 0 aliphatic heterocycles. The van der Waals surface area contributed by atoms with E-state index < -0.39 is 5.41 Å². The molecule has 0 saturated heterocycles. The highest BCUT2D eigenvalue weighted by Gasteiger charge is 2.24. The molecular weight excluding hydrogens is 212 g/mol. The highest BCUT2D eigenvalue weighted by atomic mass is 35.5. The summed E-state index contributed by atoms with van der Waals surface area (Å²) in [6, 6.07) is 5.38. The van der Waals surface area contributed by atoms with Crippen LogP contribution in [0.5, 0.6) is 5.75 Å². The number of hydrogen-bond donors (Lipinski definition) is 0. The molecule has 0 aliphatic rings. The predicted molar refractivity (Wildman–Crippen MR) is 61.3 cm³/mol. The predicted octanol–water partition coefficient (Wildman–Crippen LogP) is 3.60. The van der Waals surface area contributed by atoms with E-state index in [9.17, 15) is 4.79 Å². The molecule has 0 aliphatic carbocycles. The summed E-state index contributed by atoms with van der Waals surface area (Å²) in [6.45, 7) is 7.29. The average molecular weight is 227 g/mol. The normalized spacial score (nSPS) is 11.3. The summed E-state index contributed by atoms with van der Waals surface area (Å²) in [5.74, 6) is 0.145. The Labute approximate surface area is 95.2 Å². The van der Waals surface area contributed by atoms with Crippen molar-refractivity contribution in [3.8, 4) is 5.75 Å². The lowest BCUT2D eigenvalue weighted by Gasteiger charge is -2.17. The third-order valence-electron chi connectivity index (χ3n) is 1.97. The summed E-state index contributed by atoms with van der Waals surface area (Å²) in [5, 5.41) is 0.495. The summed E-state index contributed by atoms with van der Waals surface area (Å²) < 4.78 is 5.22. The Morgan fingerprint density at radius 3 is 2.47 bits per heavy atom. The van der Waals surface area contributed by atoms with Crippen LogP contribution in [-0.4, -0.2) is 5.97 Å². The molecule has 2 nitrogen and oxygen atoms in total. The second-order valence-corrected chi connectivity index (χ2v) is 4.90. The van der Waals surface area contributed by atoms with Crippen molar-refractivity contribution in [1.29, 1.82) is 0 Å². The van der Waals surface area contributed by atoms with Crippen LogP contribution in [0.15, 0.2) is 18.2 Å². The zero-order chi connectivity index (χ0) is 11.6. The number of rotatable bonds is 1. The first-order valence-electron chi connectivity index (χ1n) is 4.80. The summed E-state index contributed by atoms with van der Waals surface area (Å²) in [4.78, 5) is 11.6. The molecule has 0 aromatic heterocycles. The first kappa shape index (κ1) is 12.1. The Balaban J connectivity index is 2.91. The molecule has 0 amide bonds. The maximum Gasteiger partial charge on any atom is 0.316 e. The molecule has 3 heteroatoms. The van der Waals surface area contributed by atoms with Crippen LogP contribution in [0.4, 0.5) is 0 Å². The zero-order valence-corrected chi connectivity index (χ0v) is 10.2. The van der Waals surface area contributed by atoms with E-state index in [1.165, 1.54) is 0 Å². The maximum absolute atomic E-state index is 11.6. The third kappa shape index (κ3) is 2.96. The third-order valence-corrected chi connectivity index (χ3v) is 2.46. The smallest absolute Gasteiger partial charge is 0.316 e. The molecule has 0 spiro atoms.